The number of nitrogens with zero attached hydrogens (tertiary/aromatic N) is 2. The van der Waals surface area contributed by atoms with Gasteiger partial charge in [0.05, 0.1) is 5.56 Å². The molecule has 8 heteroatoms. The van der Waals surface area contributed by atoms with Crippen LogP contribution in [0.1, 0.15) is 60.5 Å². The predicted octanol–water partition coefficient (Wildman–Crippen LogP) is 5.84. The lowest BCUT2D eigenvalue weighted by Crippen LogP contribution is -2.46. The summed E-state index contributed by atoms with van der Waals surface area (Å²) in [6.07, 6.45) is 8.13. The van der Waals surface area contributed by atoms with E-state index in [-0.39, 0.29) is 30.6 Å². The maximum Gasteiger partial charge on any atom is 0.416 e. The Labute approximate surface area is 229 Å². The first kappa shape index (κ1) is 27.8. The van der Waals surface area contributed by atoms with E-state index in [0.29, 0.717) is 17.2 Å². The van der Waals surface area contributed by atoms with Crippen LogP contribution in [0.2, 0.25) is 0 Å². The molecule has 4 rings (SSSR count). The van der Waals surface area contributed by atoms with Crippen molar-refractivity contribution >= 4 is 18.0 Å². The highest BCUT2D eigenvalue weighted by molar-refractivity contribution is 5.88. The van der Waals surface area contributed by atoms with Gasteiger partial charge in [-0.3, -0.25) is 14.7 Å². The van der Waals surface area contributed by atoms with Gasteiger partial charge < -0.3 is 15.2 Å². The molecule has 1 saturated carbocycles. The van der Waals surface area contributed by atoms with E-state index < -0.39 is 12.1 Å². The molecule has 0 bridgehead atoms. The molecule has 204 valence electrons. The third-order valence-electron chi connectivity index (χ3n) is 7.21. The Kier molecular flexibility index (Phi) is 9.31. The fourth-order valence-corrected chi connectivity index (χ4v) is 4.92. The molecule has 0 radical (unpaired) electrons. The average molecular weight is 530 g/mol. The largest absolute Gasteiger partial charge is 0.478 e. The number of carbonyl (C=O) groups is 3. The maximum atomic E-state index is 13.2. The first-order valence-corrected chi connectivity index (χ1v) is 13.4. The highest BCUT2D eigenvalue weighted by Gasteiger charge is 2.24. The summed E-state index contributed by atoms with van der Waals surface area (Å²) in [6, 6.07) is 16.1. The summed E-state index contributed by atoms with van der Waals surface area (Å²) < 4.78 is 5.60. The third-order valence-corrected chi connectivity index (χ3v) is 7.21. The lowest BCUT2D eigenvalue weighted by Gasteiger charge is -2.29. The van der Waals surface area contributed by atoms with Crippen molar-refractivity contribution in [3.8, 4) is 16.9 Å². The van der Waals surface area contributed by atoms with E-state index >= 15 is 0 Å². The minimum Gasteiger partial charge on any atom is -0.478 e. The van der Waals surface area contributed by atoms with Crippen LogP contribution >= 0.6 is 0 Å². The molecule has 2 aromatic carbocycles. The number of carboxylic acids is 1. The van der Waals surface area contributed by atoms with Gasteiger partial charge in [0.2, 0.25) is 5.91 Å². The van der Waals surface area contributed by atoms with Crippen LogP contribution in [0, 0.1) is 12.8 Å². The number of hydrogen-bond donors (Lipinski definition) is 2. The molecule has 8 nitrogen and oxygen atoms in total. The van der Waals surface area contributed by atoms with Crippen molar-refractivity contribution in [2.24, 2.45) is 5.92 Å². The molecule has 1 aromatic heterocycles. The number of carboxylic acid groups (broad SMARTS) is 1. The van der Waals surface area contributed by atoms with Crippen molar-refractivity contribution in [3.63, 3.8) is 0 Å². The smallest absolute Gasteiger partial charge is 0.416 e. The van der Waals surface area contributed by atoms with Crippen molar-refractivity contribution < 1.29 is 24.2 Å². The number of aromatic nitrogens is 1. The summed E-state index contributed by atoms with van der Waals surface area (Å²) in [5, 5.41) is 12.3. The van der Waals surface area contributed by atoms with Gasteiger partial charge in [0.1, 0.15) is 12.3 Å². The highest BCUT2D eigenvalue weighted by Crippen LogP contribution is 2.26. The van der Waals surface area contributed by atoms with E-state index in [9.17, 15) is 19.5 Å². The van der Waals surface area contributed by atoms with E-state index in [1.165, 1.54) is 30.4 Å². The second-order valence-electron chi connectivity index (χ2n) is 10.3. The molecule has 0 aliphatic heterocycles. The molecule has 0 unspecified atom stereocenters. The molecule has 1 fully saturated rings. The molecule has 1 atom stereocenters. The lowest BCUT2D eigenvalue weighted by atomic mass is 9.84. The lowest BCUT2D eigenvalue weighted by molar-refractivity contribution is -0.123. The Hall–Kier alpha value is -4.20. The van der Waals surface area contributed by atoms with Gasteiger partial charge in [0.25, 0.3) is 0 Å². The van der Waals surface area contributed by atoms with Gasteiger partial charge in [-0.05, 0) is 61.9 Å². The van der Waals surface area contributed by atoms with Crippen molar-refractivity contribution in [1.29, 1.82) is 0 Å². The first-order valence-electron chi connectivity index (χ1n) is 13.4. The number of carbonyl (C=O) groups excluding carboxylic acids is 2. The molecule has 1 aliphatic rings. The van der Waals surface area contributed by atoms with E-state index in [1.54, 1.807) is 24.4 Å². The number of amides is 2. The minimum absolute atomic E-state index is 0.0437. The first-order chi connectivity index (χ1) is 18.8. The molecule has 2 amide bonds. The number of rotatable bonds is 9. The molecular weight excluding hydrogens is 494 g/mol. The average Bonchev–Trinajstić information content (AvgIpc) is 2.94. The van der Waals surface area contributed by atoms with Crippen LogP contribution in [-0.2, 0) is 11.3 Å². The van der Waals surface area contributed by atoms with Crippen LogP contribution in [0.25, 0.3) is 11.1 Å². The molecular formula is C31H35N3O5. The number of aromatic carboxylic acids is 1. The molecule has 1 heterocycles. The number of aryl methyl sites for hydroxylation is 1. The van der Waals surface area contributed by atoms with Crippen molar-refractivity contribution in [2.45, 2.75) is 58.5 Å². The van der Waals surface area contributed by atoms with Crippen molar-refractivity contribution in [2.75, 3.05) is 6.54 Å². The molecule has 0 saturated heterocycles. The van der Waals surface area contributed by atoms with Crippen molar-refractivity contribution in [3.05, 3.63) is 83.7 Å². The number of pyridine rings is 1. The van der Waals surface area contributed by atoms with Gasteiger partial charge in [-0.25, -0.2) is 9.59 Å². The van der Waals surface area contributed by atoms with Crippen molar-refractivity contribution in [1.82, 2.24) is 15.2 Å². The summed E-state index contributed by atoms with van der Waals surface area (Å²) in [4.78, 5) is 42.9. The fourth-order valence-electron chi connectivity index (χ4n) is 4.92. The topological polar surface area (TPSA) is 109 Å². The number of ether oxygens (including phenoxy) is 1. The summed E-state index contributed by atoms with van der Waals surface area (Å²) in [5.74, 6) is -0.396. The zero-order valence-corrected chi connectivity index (χ0v) is 22.4. The minimum atomic E-state index is -1.04. The van der Waals surface area contributed by atoms with Gasteiger partial charge in [-0.15, -0.1) is 0 Å². The predicted molar refractivity (Wildman–Crippen MR) is 148 cm³/mol. The van der Waals surface area contributed by atoms with Gasteiger partial charge in [-0.1, -0.05) is 61.2 Å². The number of hydrogen-bond acceptors (Lipinski definition) is 5. The van der Waals surface area contributed by atoms with Gasteiger partial charge in [0.15, 0.2) is 0 Å². The second-order valence-corrected chi connectivity index (χ2v) is 10.3. The number of nitrogens with one attached hydrogen (secondary N) is 1. The van der Waals surface area contributed by atoms with E-state index in [0.717, 1.165) is 29.5 Å². The van der Waals surface area contributed by atoms with Gasteiger partial charge in [-0.2, -0.15) is 0 Å². The van der Waals surface area contributed by atoms with Crippen LogP contribution in [0.15, 0.2) is 67.0 Å². The third kappa shape index (κ3) is 7.89. The van der Waals surface area contributed by atoms with Crippen LogP contribution in [0.5, 0.6) is 5.75 Å². The van der Waals surface area contributed by atoms with E-state index in [4.69, 9.17) is 4.74 Å². The molecule has 0 spiro atoms. The zero-order chi connectivity index (χ0) is 27.8. The molecule has 3 aromatic rings. The second kappa shape index (κ2) is 13.0. The van der Waals surface area contributed by atoms with Gasteiger partial charge in [0, 0.05) is 30.5 Å². The van der Waals surface area contributed by atoms with Crippen LogP contribution in [0.4, 0.5) is 4.79 Å². The Balaban J connectivity index is 1.47. The zero-order valence-electron chi connectivity index (χ0n) is 22.4. The molecule has 39 heavy (non-hydrogen) atoms. The monoisotopic (exact) mass is 529 g/mol. The summed E-state index contributed by atoms with van der Waals surface area (Å²) in [5.41, 5.74) is 3.42. The van der Waals surface area contributed by atoms with Crippen LogP contribution < -0.4 is 10.1 Å². The highest BCUT2D eigenvalue weighted by atomic mass is 16.6. The summed E-state index contributed by atoms with van der Waals surface area (Å²) in [6.45, 7) is 4.03. The summed E-state index contributed by atoms with van der Waals surface area (Å²) in [7, 11) is 0. The molecule has 2 N–H and O–H groups in total. The van der Waals surface area contributed by atoms with Crippen LogP contribution in [-0.4, -0.2) is 45.5 Å². The quantitative estimate of drug-likeness (QED) is 0.360. The Morgan fingerprint density at radius 2 is 1.69 bits per heavy atom. The SMILES string of the molecule is Cc1ccc(OC(=O)N(CC(=O)N[C@@H](C)C2CCCCC2)Cc2ccc(-c3cncc(C(=O)O)c3)cc2)cc1. The Bertz CT molecular complexity index is 1280. The van der Waals surface area contributed by atoms with Gasteiger partial charge >= 0.3 is 12.1 Å². The normalized spacial score (nSPS) is 14.3. The van der Waals surface area contributed by atoms with E-state index in [2.05, 4.69) is 10.3 Å². The van der Waals surface area contributed by atoms with E-state index in [1.807, 2.05) is 50.2 Å². The number of benzene rings is 2. The molecule has 1 aliphatic carbocycles. The summed E-state index contributed by atoms with van der Waals surface area (Å²) >= 11 is 0. The maximum absolute atomic E-state index is 13.2. The van der Waals surface area contributed by atoms with Crippen LogP contribution in [0.3, 0.4) is 0 Å². The Morgan fingerprint density at radius 3 is 2.36 bits per heavy atom. The standard InChI is InChI=1S/C31H35N3O5/c1-21-8-14-28(15-9-21)39-31(38)34(20-29(35)33-22(2)24-6-4-3-5-7-24)19-23-10-12-25(13-11-23)26-16-27(30(36)37)18-32-17-26/h8-18,22,24H,3-7,19-20H2,1-2H3,(H,33,35)(H,36,37)/t22-/m0/s1. The Morgan fingerprint density at radius 1 is 1.00 bits per heavy atom. The fraction of sp³-hybridized carbons (Fsp3) is 0.355.